The van der Waals surface area contributed by atoms with Gasteiger partial charge in [0.2, 0.25) is 5.90 Å². The van der Waals surface area contributed by atoms with Crippen molar-refractivity contribution in [3.8, 4) is 11.8 Å². The van der Waals surface area contributed by atoms with Gasteiger partial charge in [-0.2, -0.15) is 5.26 Å². The van der Waals surface area contributed by atoms with E-state index in [0.29, 0.717) is 21.0 Å². The van der Waals surface area contributed by atoms with Crippen LogP contribution in [0, 0.1) is 28.5 Å². The van der Waals surface area contributed by atoms with Gasteiger partial charge in [-0.1, -0.05) is 34.1 Å². The number of hydrogen-bond donors (Lipinski definition) is 1. The number of benzene rings is 2. The van der Waals surface area contributed by atoms with Gasteiger partial charge in [-0.15, -0.1) is 0 Å². The minimum absolute atomic E-state index is 0.151. The molecular weight excluding hydrogens is 403 g/mol. The van der Waals surface area contributed by atoms with Gasteiger partial charge < -0.3 is 9.15 Å². The first-order chi connectivity index (χ1) is 12.5. The van der Waals surface area contributed by atoms with Crippen LogP contribution in [0.4, 0.5) is 4.39 Å². The molecule has 3 aromatic rings. The lowest BCUT2D eigenvalue weighted by Gasteiger charge is -2.30. The van der Waals surface area contributed by atoms with Crippen LogP contribution in [-0.4, -0.2) is 5.90 Å². The predicted molar refractivity (Wildman–Crippen MR) is 95.9 cm³/mol. The highest BCUT2D eigenvalue weighted by Gasteiger charge is 2.41. The largest absolute Gasteiger partial charge is 0.441 e. The van der Waals surface area contributed by atoms with Crippen molar-refractivity contribution in [3.63, 3.8) is 0 Å². The number of nitrogens with zero attached hydrogens (tertiary/aromatic N) is 1. The van der Waals surface area contributed by atoms with E-state index in [1.54, 1.807) is 24.3 Å². The van der Waals surface area contributed by atoms with Crippen molar-refractivity contribution in [2.45, 2.75) is 5.92 Å². The molecule has 0 spiro atoms. The van der Waals surface area contributed by atoms with Crippen LogP contribution in [0.3, 0.4) is 0 Å². The molecule has 2 atom stereocenters. The van der Waals surface area contributed by atoms with Crippen molar-refractivity contribution in [1.29, 1.82) is 10.7 Å². The van der Waals surface area contributed by atoms with Crippen molar-refractivity contribution in [1.82, 2.24) is 0 Å². The lowest BCUT2D eigenvalue weighted by atomic mass is 9.79. The Balaban J connectivity index is 2.08. The number of para-hydroxylation sites is 1. The molecule has 1 aliphatic rings. The maximum atomic E-state index is 13.5. The highest BCUT2D eigenvalue weighted by Crippen LogP contribution is 2.45. The Bertz CT molecular complexity index is 1170. The number of rotatable bonds is 1. The molecule has 26 heavy (non-hydrogen) atoms. The molecule has 0 saturated carbocycles. The highest BCUT2D eigenvalue weighted by molar-refractivity contribution is 9.10. The van der Waals surface area contributed by atoms with Crippen molar-refractivity contribution < 1.29 is 13.5 Å². The summed E-state index contributed by atoms with van der Waals surface area (Å²) in [5.41, 5.74) is 0.345. The number of fused-ring (bicyclic) bond motifs is 3. The molecule has 2 aromatic carbocycles. The maximum Gasteiger partial charge on any atom is 0.343 e. The third-order valence-corrected chi connectivity index (χ3v) is 5.06. The van der Waals surface area contributed by atoms with E-state index < -0.39 is 23.3 Å². The topological polar surface area (TPSA) is 87.1 Å². The van der Waals surface area contributed by atoms with Crippen LogP contribution >= 0.6 is 15.9 Å². The van der Waals surface area contributed by atoms with Gasteiger partial charge in [0.05, 0.1) is 17.0 Å². The Hall–Kier alpha value is -2.98. The van der Waals surface area contributed by atoms with Crippen LogP contribution < -0.4 is 10.4 Å². The molecule has 0 aliphatic carbocycles. The molecule has 5 nitrogen and oxygen atoms in total. The summed E-state index contributed by atoms with van der Waals surface area (Å²) in [6.45, 7) is 0. The van der Waals surface area contributed by atoms with E-state index in [1.807, 2.05) is 6.07 Å². The number of ether oxygens (including phenoxy) is 1. The SMILES string of the molecule is N#CC1C(=N)Oc2c(c(=O)oc3ccccc23)C1c1ccc(F)cc1Br. The minimum Gasteiger partial charge on any atom is -0.441 e. The zero-order valence-electron chi connectivity index (χ0n) is 13.1. The fourth-order valence-electron chi connectivity index (χ4n) is 3.23. The molecule has 0 amide bonds. The first-order valence-electron chi connectivity index (χ1n) is 7.68. The second-order valence-corrected chi connectivity index (χ2v) is 6.70. The van der Waals surface area contributed by atoms with Crippen LogP contribution in [0.25, 0.3) is 11.0 Å². The Morgan fingerprint density at radius 2 is 2.00 bits per heavy atom. The molecule has 1 N–H and O–H groups in total. The summed E-state index contributed by atoms with van der Waals surface area (Å²) >= 11 is 3.29. The summed E-state index contributed by atoms with van der Waals surface area (Å²) in [6, 6.07) is 12.8. The quantitative estimate of drug-likeness (QED) is 0.602. The van der Waals surface area contributed by atoms with Crippen LogP contribution in [0.2, 0.25) is 0 Å². The molecule has 128 valence electrons. The zero-order valence-corrected chi connectivity index (χ0v) is 14.7. The van der Waals surface area contributed by atoms with Gasteiger partial charge in [0.15, 0.2) is 5.75 Å². The van der Waals surface area contributed by atoms with E-state index in [9.17, 15) is 14.4 Å². The van der Waals surface area contributed by atoms with Gasteiger partial charge in [-0.3, -0.25) is 5.41 Å². The summed E-state index contributed by atoms with van der Waals surface area (Å²) in [7, 11) is 0. The van der Waals surface area contributed by atoms with E-state index >= 15 is 0 Å². The van der Waals surface area contributed by atoms with Gasteiger partial charge in [-0.05, 0) is 29.8 Å². The molecule has 0 fully saturated rings. The fourth-order valence-corrected chi connectivity index (χ4v) is 3.82. The smallest absolute Gasteiger partial charge is 0.343 e. The van der Waals surface area contributed by atoms with Gasteiger partial charge in [0, 0.05) is 10.4 Å². The van der Waals surface area contributed by atoms with Gasteiger partial charge in [-0.25, -0.2) is 9.18 Å². The first kappa shape index (κ1) is 16.5. The van der Waals surface area contributed by atoms with E-state index in [4.69, 9.17) is 14.6 Å². The molecule has 2 unspecified atom stereocenters. The van der Waals surface area contributed by atoms with Gasteiger partial charge in [0.25, 0.3) is 0 Å². The molecule has 0 radical (unpaired) electrons. The standard InChI is InChI=1S/C19H10BrFN2O3/c20-13-7-9(21)5-6-10(13)15-12(8-22)18(23)26-17-11-3-1-2-4-14(11)25-19(24)16(15)17/h1-7,12,15,23H. The maximum absolute atomic E-state index is 13.5. The second-order valence-electron chi connectivity index (χ2n) is 5.85. The monoisotopic (exact) mass is 412 g/mol. The third-order valence-electron chi connectivity index (χ3n) is 4.37. The molecule has 4 rings (SSSR count). The number of nitriles is 1. The zero-order chi connectivity index (χ0) is 18.4. The lowest BCUT2D eigenvalue weighted by molar-refractivity contribution is 0.431. The molecule has 7 heteroatoms. The number of hydrogen-bond acceptors (Lipinski definition) is 5. The Labute approximate surface area is 155 Å². The Kier molecular flexibility index (Phi) is 3.85. The summed E-state index contributed by atoms with van der Waals surface area (Å²) in [6.07, 6.45) is 0. The van der Waals surface area contributed by atoms with Crippen LogP contribution in [-0.2, 0) is 0 Å². The highest BCUT2D eigenvalue weighted by atomic mass is 79.9. The van der Waals surface area contributed by atoms with Gasteiger partial charge >= 0.3 is 5.63 Å². The van der Waals surface area contributed by atoms with Crippen LogP contribution in [0.15, 0.2) is 56.1 Å². The van der Waals surface area contributed by atoms with E-state index in [0.717, 1.165) is 0 Å². The molecule has 0 bridgehead atoms. The summed E-state index contributed by atoms with van der Waals surface area (Å²) < 4.78 is 24.9. The van der Waals surface area contributed by atoms with Gasteiger partial charge in [0.1, 0.15) is 17.3 Å². The predicted octanol–water partition coefficient (Wildman–Crippen LogP) is 4.34. The van der Waals surface area contributed by atoms with Crippen molar-refractivity contribution in [2.24, 2.45) is 5.92 Å². The normalized spacial score (nSPS) is 18.9. The van der Waals surface area contributed by atoms with Crippen molar-refractivity contribution in [2.75, 3.05) is 0 Å². The van der Waals surface area contributed by atoms with Crippen LogP contribution in [0.5, 0.6) is 5.75 Å². The number of nitrogens with one attached hydrogen (secondary N) is 1. The molecular formula is C19H10BrFN2O3. The molecule has 0 saturated heterocycles. The van der Waals surface area contributed by atoms with Crippen molar-refractivity contribution in [3.05, 3.63) is 74.3 Å². The Morgan fingerprint density at radius 1 is 1.23 bits per heavy atom. The minimum atomic E-state index is -1.03. The Morgan fingerprint density at radius 3 is 2.73 bits per heavy atom. The first-order valence-corrected chi connectivity index (χ1v) is 8.47. The second kappa shape index (κ2) is 6.07. The summed E-state index contributed by atoms with van der Waals surface area (Å²) in [5, 5.41) is 18.3. The molecule has 1 aromatic heterocycles. The average Bonchev–Trinajstić information content (AvgIpc) is 2.61. The lowest BCUT2D eigenvalue weighted by Crippen LogP contribution is -2.34. The molecule has 1 aliphatic heterocycles. The van der Waals surface area contributed by atoms with Crippen molar-refractivity contribution >= 4 is 32.8 Å². The average molecular weight is 413 g/mol. The molecule has 2 heterocycles. The number of halogens is 2. The fraction of sp³-hybridized carbons (Fsp3) is 0.105. The summed E-state index contributed by atoms with van der Waals surface area (Å²) in [4.78, 5) is 12.7. The van der Waals surface area contributed by atoms with Crippen LogP contribution in [0.1, 0.15) is 17.0 Å². The third kappa shape index (κ3) is 2.42. The van der Waals surface area contributed by atoms with E-state index in [2.05, 4.69) is 15.9 Å². The van der Waals surface area contributed by atoms with E-state index in [-0.39, 0.29) is 17.2 Å². The summed E-state index contributed by atoms with van der Waals surface area (Å²) in [5.74, 6) is -2.37. The van der Waals surface area contributed by atoms with E-state index in [1.165, 1.54) is 18.2 Å².